The van der Waals surface area contributed by atoms with Crippen molar-refractivity contribution in [2.24, 2.45) is 0 Å². The Morgan fingerprint density at radius 1 is 0.889 bits per heavy atom. The molecule has 4 heteroatoms. The molecule has 0 saturated heterocycles. The molecular formula is C23H26O4. The molecule has 0 aliphatic rings. The minimum absolute atomic E-state index is 0.0133. The minimum atomic E-state index is -0.689. The van der Waals surface area contributed by atoms with E-state index < -0.39 is 5.60 Å². The van der Waals surface area contributed by atoms with Crippen LogP contribution < -0.4 is 4.74 Å². The molecule has 0 spiro atoms. The fourth-order valence-electron chi connectivity index (χ4n) is 3.36. The fourth-order valence-corrected chi connectivity index (χ4v) is 3.36. The highest BCUT2D eigenvalue weighted by Gasteiger charge is 2.32. The smallest absolute Gasteiger partial charge is 0.120 e. The van der Waals surface area contributed by atoms with E-state index in [9.17, 15) is 5.11 Å². The van der Waals surface area contributed by atoms with Crippen LogP contribution in [0.4, 0.5) is 0 Å². The molecule has 1 N–H and O–H groups in total. The SMILES string of the molecule is COCC(CCO)(OC)c1cccc(OCc2ccc3ccccc3c2)c1. The Labute approximate surface area is 160 Å². The Bertz CT molecular complexity index is 869. The highest BCUT2D eigenvalue weighted by Crippen LogP contribution is 2.32. The second-order valence-electron chi connectivity index (χ2n) is 6.60. The first-order chi connectivity index (χ1) is 13.2. The molecule has 0 aliphatic carbocycles. The predicted molar refractivity (Wildman–Crippen MR) is 107 cm³/mol. The summed E-state index contributed by atoms with van der Waals surface area (Å²) in [7, 11) is 3.27. The molecule has 1 unspecified atom stereocenters. The molecular weight excluding hydrogens is 340 g/mol. The first-order valence-corrected chi connectivity index (χ1v) is 9.07. The van der Waals surface area contributed by atoms with E-state index in [1.54, 1.807) is 14.2 Å². The van der Waals surface area contributed by atoms with Crippen molar-refractivity contribution in [3.63, 3.8) is 0 Å². The van der Waals surface area contributed by atoms with Gasteiger partial charge in [0.25, 0.3) is 0 Å². The number of ether oxygens (including phenoxy) is 3. The summed E-state index contributed by atoms with van der Waals surface area (Å²) in [6, 6.07) is 22.4. The molecule has 0 saturated carbocycles. The normalized spacial score (nSPS) is 13.4. The summed E-state index contributed by atoms with van der Waals surface area (Å²) >= 11 is 0. The average Bonchev–Trinajstić information content (AvgIpc) is 2.72. The molecule has 4 nitrogen and oxygen atoms in total. The second-order valence-corrected chi connectivity index (χ2v) is 6.60. The lowest BCUT2D eigenvalue weighted by Gasteiger charge is -2.32. The third kappa shape index (κ3) is 4.48. The van der Waals surface area contributed by atoms with Gasteiger partial charge in [0, 0.05) is 27.2 Å². The second kappa shape index (κ2) is 9.00. The van der Waals surface area contributed by atoms with Gasteiger partial charge in [-0.05, 0) is 40.1 Å². The number of rotatable bonds is 9. The maximum Gasteiger partial charge on any atom is 0.120 e. The zero-order valence-electron chi connectivity index (χ0n) is 15.9. The van der Waals surface area contributed by atoms with Crippen molar-refractivity contribution in [3.05, 3.63) is 77.9 Å². The first-order valence-electron chi connectivity index (χ1n) is 9.07. The van der Waals surface area contributed by atoms with E-state index in [0.29, 0.717) is 19.6 Å². The minimum Gasteiger partial charge on any atom is -0.489 e. The van der Waals surface area contributed by atoms with Gasteiger partial charge in [-0.25, -0.2) is 0 Å². The van der Waals surface area contributed by atoms with Crippen LogP contribution in [0.15, 0.2) is 66.7 Å². The topological polar surface area (TPSA) is 47.9 Å². The maximum atomic E-state index is 9.46. The largest absolute Gasteiger partial charge is 0.489 e. The van der Waals surface area contributed by atoms with Crippen molar-refractivity contribution >= 4 is 10.8 Å². The van der Waals surface area contributed by atoms with Crippen LogP contribution in [0.2, 0.25) is 0 Å². The van der Waals surface area contributed by atoms with Crippen LogP contribution >= 0.6 is 0 Å². The molecule has 0 heterocycles. The number of aliphatic hydroxyl groups is 1. The lowest BCUT2D eigenvalue weighted by molar-refractivity contribution is -0.0823. The van der Waals surface area contributed by atoms with Gasteiger partial charge in [0.05, 0.1) is 6.61 Å². The van der Waals surface area contributed by atoms with Gasteiger partial charge in [0.1, 0.15) is 18.0 Å². The summed E-state index contributed by atoms with van der Waals surface area (Å²) in [4.78, 5) is 0. The summed E-state index contributed by atoms with van der Waals surface area (Å²) in [5, 5.41) is 11.9. The Kier molecular flexibility index (Phi) is 6.45. The predicted octanol–water partition coefficient (Wildman–Crippen LogP) is 4.29. The molecule has 1 atom stereocenters. The lowest BCUT2D eigenvalue weighted by atomic mass is 9.91. The zero-order valence-corrected chi connectivity index (χ0v) is 15.9. The molecule has 142 valence electrons. The Hall–Kier alpha value is -2.40. The summed E-state index contributed by atoms with van der Waals surface area (Å²) in [5.74, 6) is 0.760. The number of hydrogen-bond acceptors (Lipinski definition) is 4. The standard InChI is InChI=1S/C23H26O4/c1-25-17-23(26-2,12-13-24)21-8-5-9-22(15-21)27-16-18-10-11-19-6-3-4-7-20(19)14-18/h3-11,14-15,24H,12-13,16-17H2,1-2H3. The van der Waals surface area contributed by atoms with Gasteiger partial charge in [0.2, 0.25) is 0 Å². The monoisotopic (exact) mass is 366 g/mol. The molecule has 0 amide bonds. The lowest BCUT2D eigenvalue weighted by Crippen LogP contribution is -2.34. The van der Waals surface area contributed by atoms with E-state index in [1.807, 2.05) is 36.4 Å². The van der Waals surface area contributed by atoms with Crippen LogP contribution in [-0.4, -0.2) is 32.5 Å². The quantitative estimate of drug-likeness (QED) is 0.614. The summed E-state index contributed by atoms with van der Waals surface area (Å²) in [6.07, 6.45) is 0.450. The summed E-state index contributed by atoms with van der Waals surface area (Å²) < 4.78 is 17.1. The van der Waals surface area contributed by atoms with E-state index in [4.69, 9.17) is 14.2 Å². The number of aliphatic hydroxyl groups excluding tert-OH is 1. The Morgan fingerprint density at radius 2 is 1.70 bits per heavy atom. The van der Waals surface area contributed by atoms with Crippen LogP contribution in [0.3, 0.4) is 0 Å². The molecule has 0 bridgehead atoms. The highest BCUT2D eigenvalue weighted by molar-refractivity contribution is 5.82. The van der Waals surface area contributed by atoms with E-state index in [-0.39, 0.29) is 6.61 Å². The highest BCUT2D eigenvalue weighted by atomic mass is 16.5. The van der Waals surface area contributed by atoms with E-state index in [0.717, 1.165) is 16.9 Å². The van der Waals surface area contributed by atoms with E-state index in [1.165, 1.54) is 10.8 Å². The van der Waals surface area contributed by atoms with Gasteiger partial charge in [-0.2, -0.15) is 0 Å². The number of fused-ring (bicyclic) bond motifs is 1. The van der Waals surface area contributed by atoms with Crippen molar-refractivity contribution < 1.29 is 19.3 Å². The number of benzene rings is 3. The Balaban J connectivity index is 1.78. The van der Waals surface area contributed by atoms with Crippen molar-refractivity contribution in [3.8, 4) is 5.75 Å². The molecule has 27 heavy (non-hydrogen) atoms. The number of hydrogen-bond donors (Lipinski definition) is 1. The molecule has 0 aromatic heterocycles. The molecule has 3 rings (SSSR count). The third-order valence-corrected chi connectivity index (χ3v) is 4.86. The maximum absolute atomic E-state index is 9.46. The van der Waals surface area contributed by atoms with Crippen molar-refractivity contribution in [1.82, 2.24) is 0 Å². The molecule has 3 aromatic carbocycles. The molecule has 0 fully saturated rings. The Morgan fingerprint density at radius 3 is 2.44 bits per heavy atom. The van der Waals surface area contributed by atoms with Crippen LogP contribution in [0, 0.1) is 0 Å². The summed E-state index contributed by atoms with van der Waals surface area (Å²) in [6.45, 7) is 0.857. The van der Waals surface area contributed by atoms with E-state index >= 15 is 0 Å². The van der Waals surface area contributed by atoms with Crippen LogP contribution in [-0.2, 0) is 21.7 Å². The van der Waals surface area contributed by atoms with Crippen LogP contribution in [0.1, 0.15) is 17.5 Å². The molecule has 3 aromatic rings. The van der Waals surface area contributed by atoms with Crippen molar-refractivity contribution in [2.45, 2.75) is 18.6 Å². The fraction of sp³-hybridized carbons (Fsp3) is 0.304. The van der Waals surface area contributed by atoms with Crippen molar-refractivity contribution in [1.29, 1.82) is 0 Å². The van der Waals surface area contributed by atoms with Gasteiger partial charge >= 0.3 is 0 Å². The third-order valence-electron chi connectivity index (χ3n) is 4.86. The van der Waals surface area contributed by atoms with Gasteiger partial charge in [-0.3, -0.25) is 0 Å². The average molecular weight is 366 g/mol. The number of methoxy groups -OCH3 is 2. The molecule has 0 aliphatic heterocycles. The van der Waals surface area contributed by atoms with Gasteiger partial charge in [-0.1, -0.05) is 48.5 Å². The summed E-state index contributed by atoms with van der Waals surface area (Å²) in [5.41, 5.74) is 1.35. The van der Waals surface area contributed by atoms with E-state index in [2.05, 4.69) is 30.3 Å². The van der Waals surface area contributed by atoms with Crippen molar-refractivity contribution in [2.75, 3.05) is 27.4 Å². The zero-order chi connectivity index (χ0) is 19.1. The van der Waals surface area contributed by atoms with Crippen LogP contribution in [0.25, 0.3) is 10.8 Å². The van der Waals surface area contributed by atoms with Gasteiger partial charge in [-0.15, -0.1) is 0 Å². The first kappa shape index (κ1) is 19.4. The van der Waals surface area contributed by atoms with Gasteiger partial charge in [0.15, 0.2) is 0 Å². The molecule has 0 radical (unpaired) electrons. The van der Waals surface area contributed by atoms with Crippen LogP contribution in [0.5, 0.6) is 5.75 Å². The van der Waals surface area contributed by atoms with Gasteiger partial charge < -0.3 is 19.3 Å².